The summed E-state index contributed by atoms with van der Waals surface area (Å²) in [4.78, 5) is 15.6. The zero-order valence-electron chi connectivity index (χ0n) is 8.83. The van der Waals surface area contributed by atoms with Gasteiger partial charge in [0.1, 0.15) is 6.04 Å². The van der Waals surface area contributed by atoms with Crippen LogP contribution >= 0.6 is 11.8 Å². The summed E-state index contributed by atoms with van der Waals surface area (Å²) in [5.74, 6) is 1.71. The highest BCUT2D eigenvalue weighted by molar-refractivity contribution is 8.13. The standard InChI is InChI=1S/C9H17N3OS/c1-6-4-11-9(14-5-6)12-7(2)8(13)10-3/h6-7H,4-5H2,1-3H3,(H,10,13)(H,11,12). The Labute approximate surface area is 88.9 Å². The van der Waals surface area contributed by atoms with Crippen molar-refractivity contribution in [2.75, 3.05) is 19.3 Å². The minimum absolute atomic E-state index is 0.00748. The average Bonchev–Trinajstić information content (AvgIpc) is 2.20. The highest BCUT2D eigenvalue weighted by atomic mass is 32.2. The van der Waals surface area contributed by atoms with Crippen molar-refractivity contribution in [1.29, 1.82) is 0 Å². The van der Waals surface area contributed by atoms with Crippen LogP contribution in [0.25, 0.3) is 0 Å². The van der Waals surface area contributed by atoms with E-state index in [1.165, 1.54) is 0 Å². The Morgan fingerprint density at radius 1 is 1.71 bits per heavy atom. The lowest BCUT2D eigenvalue weighted by molar-refractivity contribution is -0.121. The summed E-state index contributed by atoms with van der Waals surface area (Å²) in [6, 6.07) is -0.209. The van der Waals surface area contributed by atoms with Crippen molar-refractivity contribution >= 4 is 22.8 Å². The van der Waals surface area contributed by atoms with Crippen molar-refractivity contribution in [1.82, 2.24) is 10.6 Å². The Morgan fingerprint density at radius 2 is 2.43 bits per heavy atom. The van der Waals surface area contributed by atoms with Crippen LogP contribution < -0.4 is 10.6 Å². The van der Waals surface area contributed by atoms with Crippen LogP contribution in [0.15, 0.2) is 4.99 Å². The monoisotopic (exact) mass is 215 g/mol. The van der Waals surface area contributed by atoms with Crippen LogP contribution in [0.1, 0.15) is 13.8 Å². The molecule has 0 aliphatic carbocycles. The van der Waals surface area contributed by atoms with Crippen molar-refractivity contribution < 1.29 is 4.79 Å². The number of hydrogen-bond acceptors (Lipinski definition) is 4. The molecule has 2 N–H and O–H groups in total. The van der Waals surface area contributed by atoms with Crippen LogP contribution in [-0.4, -0.2) is 36.5 Å². The lowest BCUT2D eigenvalue weighted by atomic mass is 10.2. The summed E-state index contributed by atoms with van der Waals surface area (Å²) in [6.45, 7) is 4.87. The highest BCUT2D eigenvalue weighted by Gasteiger charge is 2.16. The molecule has 1 heterocycles. The second-order valence-electron chi connectivity index (χ2n) is 3.54. The average molecular weight is 215 g/mol. The minimum Gasteiger partial charge on any atom is -0.357 e. The number of nitrogens with zero attached hydrogens (tertiary/aromatic N) is 1. The zero-order valence-corrected chi connectivity index (χ0v) is 9.65. The summed E-state index contributed by atoms with van der Waals surface area (Å²) in [5.41, 5.74) is 0. The first-order valence-electron chi connectivity index (χ1n) is 4.79. The van der Waals surface area contributed by atoms with Crippen LogP contribution in [-0.2, 0) is 4.79 Å². The fourth-order valence-corrected chi connectivity index (χ4v) is 2.09. The Balaban J connectivity index is 2.41. The number of nitrogens with one attached hydrogen (secondary N) is 2. The Morgan fingerprint density at radius 3 is 2.93 bits per heavy atom. The second kappa shape index (κ2) is 5.24. The number of rotatable bonds is 2. The van der Waals surface area contributed by atoms with Gasteiger partial charge in [-0.05, 0) is 12.8 Å². The van der Waals surface area contributed by atoms with Crippen LogP contribution in [0.2, 0.25) is 0 Å². The van der Waals surface area contributed by atoms with Gasteiger partial charge in [-0.3, -0.25) is 9.79 Å². The molecule has 0 fully saturated rings. The lowest BCUT2D eigenvalue weighted by Gasteiger charge is -2.20. The van der Waals surface area contributed by atoms with Crippen molar-refractivity contribution in [2.24, 2.45) is 10.9 Å². The molecule has 1 amide bonds. The van der Waals surface area contributed by atoms with Gasteiger partial charge in [0.05, 0.1) is 0 Å². The molecule has 2 atom stereocenters. The molecule has 1 aliphatic rings. The largest absolute Gasteiger partial charge is 0.357 e. The number of amidine groups is 1. The molecular formula is C9H17N3OS. The van der Waals surface area contributed by atoms with E-state index in [9.17, 15) is 4.79 Å². The van der Waals surface area contributed by atoms with E-state index in [-0.39, 0.29) is 11.9 Å². The molecule has 0 saturated heterocycles. The summed E-state index contributed by atoms with van der Waals surface area (Å²) in [5, 5.41) is 6.58. The normalized spacial score (nSPS) is 23.6. The van der Waals surface area contributed by atoms with Gasteiger partial charge in [-0.25, -0.2) is 0 Å². The third-order valence-electron chi connectivity index (χ3n) is 2.03. The van der Waals surface area contributed by atoms with Crippen LogP contribution in [0.3, 0.4) is 0 Å². The van der Waals surface area contributed by atoms with E-state index in [1.807, 2.05) is 6.92 Å². The smallest absolute Gasteiger partial charge is 0.242 e. The van der Waals surface area contributed by atoms with Gasteiger partial charge in [-0.1, -0.05) is 18.7 Å². The maximum atomic E-state index is 11.2. The zero-order chi connectivity index (χ0) is 10.6. The summed E-state index contributed by atoms with van der Waals surface area (Å²) in [7, 11) is 1.64. The predicted molar refractivity (Wildman–Crippen MR) is 60.6 cm³/mol. The molecule has 80 valence electrons. The van der Waals surface area contributed by atoms with Gasteiger partial charge in [0.25, 0.3) is 0 Å². The van der Waals surface area contributed by atoms with E-state index >= 15 is 0 Å². The Kier molecular flexibility index (Phi) is 4.25. The molecule has 0 saturated carbocycles. The molecule has 2 unspecified atom stereocenters. The first-order valence-corrected chi connectivity index (χ1v) is 5.77. The number of carbonyl (C=O) groups excluding carboxylic acids is 1. The molecule has 0 radical (unpaired) electrons. The van der Waals surface area contributed by atoms with E-state index in [1.54, 1.807) is 18.8 Å². The highest BCUT2D eigenvalue weighted by Crippen LogP contribution is 2.15. The number of carbonyl (C=O) groups is 1. The lowest BCUT2D eigenvalue weighted by Crippen LogP contribution is -2.43. The third kappa shape index (κ3) is 3.21. The molecule has 0 spiro atoms. The third-order valence-corrected chi connectivity index (χ3v) is 3.29. The summed E-state index contributed by atoms with van der Waals surface area (Å²) < 4.78 is 0. The quantitative estimate of drug-likeness (QED) is 0.703. The maximum Gasteiger partial charge on any atom is 0.242 e. The van der Waals surface area contributed by atoms with E-state index in [0.717, 1.165) is 17.5 Å². The van der Waals surface area contributed by atoms with E-state index in [4.69, 9.17) is 0 Å². The van der Waals surface area contributed by atoms with Crippen LogP contribution in [0.4, 0.5) is 0 Å². The van der Waals surface area contributed by atoms with Gasteiger partial charge in [0, 0.05) is 19.3 Å². The molecule has 1 rings (SSSR count). The number of aliphatic imine (C=N–C) groups is 1. The second-order valence-corrected chi connectivity index (χ2v) is 4.55. The van der Waals surface area contributed by atoms with Gasteiger partial charge in [0.15, 0.2) is 5.17 Å². The molecule has 0 aromatic rings. The first-order chi connectivity index (χ1) is 6.63. The van der Waals surface area contributed by atoms with Crippen LogP contribution in [0.5, 0.6) is 0 Å². The van der Waals surface area contributed by atoms with Crippen LogP contribution in [0, 0.1) is 5.92 Å². The molecule has 0 bridgehead atoms. The van der Waals surface area contributed by atoms with Gasteiger partial charge >= 0.3 is 0 Å². The fraction of sp³-hybridized carbons (Fsp3) is 0.778. The van der Waals surface area contributed by atoms with Gasteiger partial charge in [-0.15, -0.1) is 0 Å². The van der Waals surface area contributed by atoms with Crippen molar-refractivity contribution in [3.63, 3.8) is 0 Å². The van der Waals surface area contributed by atoms with E-state index < -0.39 is 0 Å². The molecule has 4 nitrogen and oxygen atoms in total. The van der Waals surface area contributed by atoms with E-state index in [2.05, 4.69) is 22.5 Å². The summed E-state index contributed by atoms with van der Waals surface area (Å²) >= 11 is 1.69. The number of likely N-dealkylation sites (N-methyl/N-ethyl adjacent to an activating group) is 1. The molecule has 0 aromatic carbocycles. The Bertz CT molecular complexity index is 242. The van der Waals surface area contributed by atoms with Crippen molar-refractivity contribution in [3.05, 3.63) is 0 Å². The molecule has 5 heteroatoms. The Hall–Kier alpha value is -0.710. The number of amides is 1. The molecule has 14 heavy (non-hydrogen) atoms. The minimum atomic E-state index is -0.209. The van der Waals surface area contributed by atoms with Crippen molar-refractivity contribution in [2.45, 2.75) is 19.9 Å². The molecule has 0 aromatic heterocycles. The summed E-state index contributed by atoms with van der Waals surface area (Å²) in [6.07, 6.45) is 0. The van der Waals surface area contributed by atoms with Gasteiger partial charge < -0.3 is 10.6 Å². The van der Waals surface area contributed by atoms with Crippen molar-refractivity contribution in [3.8, 4) is 0 Å². The maximum absolute atomic E-state index is 11.2. The topological polar surface area (TPSA) is 53.5 Å². The van der Waals surface area contributed by atoms with Gasteiger partial charge in [-0.2, -0.15) is 0 Å². The first kappa shape index (κ1) is 11.4. The van der Waals surface area contributed by atoms with Gasteiger partial charge in [0.2, 0.25) is 5.91 Å². The van der Waals surface area contributed by atoms with E-state index in [0.29, 0.717) is 5.92 Å². The SMILES string of the molecule is CNC(=O)C(C)NC1=NCC(C)CS1. The molecular weight excluding hydrogens is 198 g/mol. The fourth-order valence-electron chi connectivity index (χ4n) is 1.11. The molecule has 1 aliphatic heterocycles. The number of thioether (sulfide) groups is 1. The number of hydrogen-bond donors (Lipinski definition) is 2. The predicted octanol–water partition coefficient (Wildman–Crippen LogP) is 0.449.